The molecular formula is C13H31N. The van der Waals surface area contributed by atoms with Gasteiger partial charge < -0.3 is 5.32 Å². The van der Waals surface area contributed by atoms with Crippen LogP contribution in [0.2, 0.25) is 0 Å². The van der Waals surface area contributed by atoms with E-state index < -0.39 is 0 Å². The van der Waals surface area contributed by atoms with E-state index in [-0.39, 0.29) is 0 Å². The van der Waals surface area contributed by atoms with Crippen molar-refractivity contribution in [3.63, 3.8) is 0 Å². The van der Waals surface area contributed by atoms with Gasteiger partial charge in [0, 0.05) is 0 Å². The van der Waals surface area contributed by atoms with Crippen molar-refractivity contribution in [1.82, 2.24) is 5.32 Å². The Morgan fingerprint density at radius 1 is 0.857 bits per heavy atom. The molecule has 0 unspecified atom stereocenters. The molecule has 88 valence electrons. The summed E-state index contributed by atoms with van der Waals surface area (Å²) >= 11 is 0. The maximum Gasteiger partial charge on any atom is -0.00519 e. The van der Waals surface area contributed by atoms with E-state index in [1.54, 1.807) is 0 Å². The molecule has 0 aliphatic carbocycles. The summed E-state index contributed by atoms with van der Waals surface area (Å²) in [6.45, 7) is 9.80. The fourth-order valence-electron chi connectivity index (χ4n) is 1.38. The Bertz CT molecular complexity index is 79.3. The molecule has 0 radical (unpaired) electrons. The number of rotatable bonds is 8. The van der Waals surface area contributed by atoms with Crippen molar-refractivity contribution in [1.29, 1.82) is 0 Å². The van der Waals surface area contributed by atoms with Crippen molar-refractivity contribution in [2.24, 2.45) is 5.92 Å². The molecule has 0 aliphatic rings. The number of nitrogens with one attached hydrogen (secondary N) is 1. The molecule has 0 aromatic heterocycles. The highest BCUT2D eigenvalue weighted by atomic mass is 14.8. The van der Waals surface area contributed by atoms with Crippen LogP contribution in [0.1, 0.15) is 66.2 Å². The molecule has 0 aliphatic heterocycles. The molecule has 0 heterocycles. The quantitative estimate of drug-likeness (QED) is 0.580. The lowest BCUT2D eigenvalue weighted by Gasteiger charge is -2.03. The average Bonchev–Trinajstić information content (AvgIpc) is 2.19. The first-order valence-electron chi connectivity index (χ1n) is 6.42. The van der Waals surface area contributed by atoms with E-state index >= 15 is 0 Å². The SMILES string of the molecule is CC.CNCCCCCCCC(C)C. The molecular weight excluding hydrogens is 170 g/mol. The van der Waals surface area contributed by atoms with Crippen LogP contribution in [-0.4, -0.2) is 13.6 Å². The lowest BCUT2D eigenvalue weighted by molar-refractivity contribution is 0.513. The molecule has 0 saturated heterocycles. The molecule has 0 fully saturated rings. The standard InChI is InChI=1S/C11H25N.C2H6/c1-11(2)9-7-5-4-6-8-10-12-3;1-2/h11-12H,4-10H2,1-3H3;1-2H3. The van der Waals surface area contributed by atoms with Crippen LogP contribution >= 0.6 is 0 Å². The second-order valence-electron chi connectivity index (χ2n) is 4.05. The summed E-state index contributed by atoms with van der Waals surface area (Å²) in [5.41, 5.74) is 0. The summed E-state index contributed by atoms with van der Waals surface area (Å²) in [5.74, 6) is 0.891. The molecule has 0 bridgehead atoms. The number of hydrogen-bond acceptors (Lipinski definition) is 1. The first-order chi connectivity index (χ1) is 6.77. The van der Waals surface area contributed by atoms with E-state index in [1.165, 1.54) is 45.1 Å². The van der Waals surface area contributed by atoms with Gasteiger partial charge in [-0.1, -0.05) is 59.8 Å². The molecule has 1 N–H and O–H groups in total. The van der Waals surface area contributed by atoms with Crippen LogP contribution in [0.25, 0.3) is 0 Å². The highest BCUT2D eigenvalue weighted by Gasteiger charge is 1.93. The van der Waals surface area contributed by atoms with Crippen molar-refractivity contribution in [2.45, 2.75) is 66.2 Å². The van der Waals surface area contributed by atoms with E-state index in [9.17, 15) is 0 Å². The molecule has 0 spiro atoms. The zero-order chi connectivity index (χ0) is 11.2. The summed E-state index contributed by atoms with van der Waals surface area (Å²) in [6, 6.07) is 0. The summed E-state index contributed by atoms with van der Waals surface area (Å²) in [7, 11) is 2.03. The maximum atomic E-state index is 3.18. The minimum Gasteiger partial charge on any atom is -0.320 e. The zero-order valence-electron chi connectivity index (χ0n) is 11.0. The molecule has 1 nitrogen and oxygen atoms in total. The highest BCUT2D eigenvalue weighted by Crippen LogP contribution is 2.09. The second kappa shape index (κ2) is 15.4. The van der Waals surface area contributed by atoms with Crippen LogP contribution in [-0.2, 0) is 0 Å². The molecule has 0 saturated carbocycles. The molecule has 0 amide bonds. The Hall–Kier alpha value is -0.0400. The van der Waals surface area contributed by atoms with Crippen molar-refractivity contribution in [2.75, 3.05) is 13.6 Å². The molecule has 0 rings (SSSR count). The first-order valence-corrected chi connectivity index (χ1v) is 6.42. The van der Waals surface area contributed by atoms with Gasteiger partial charge in [-0.3, -0.25) is 0 Å². The summed E-state index contributed by atoms with van der Waals surface area (Å²) in [4.78, 5) is 0. The topological polar surface area (TPSA) is 12.0 Å². The van der Waals surface area contributed by atoms with Gasteiger partial charge in [0.25, 0.3) is 0 Å². The zero-order valence-corrected chi connectivity index (χ0v) is 11.0. The lowest BCUT2D eigenvalue weighted by atomic mass is 10.0. The molecule has 0 aromatic rings. The molecule has 0 atom stereocenters. The largest absolute Gasteiger partial charge is 0.320 e. The highest BCUT2D eigenvalue weighted by molar-refractivity contribution is 4.49. The van der Waals surface area contributed by atoms with Crippen LogP contribution in [0.3, 0.4) is 0 Å². The van der Waals surface area contributed by atoms with Gasteiger partial charge in [-0.2, -0.15) is 0 Å². The third-order valence-corrected chi connectivity index (χ3v) is 2.21. The Morgan fingerprint density at radius 3 is 1.86 bits per heavy atom. The predicted molar refractivity (Wildman–Crippen MR) is 67.8 cm³/mol. The summed E-state index contributed by atoms with van der Waals surface area (Å²) < 4.78 is 0. The predicted octanol–water partition coefficient (Wildman–Crippen LogP) is 4.23. The second-order valence-corrected chi connectivity index (χ2v) is 4.05. The minimum atomic E-state index is 0.891. The fraction of sp³-hybridized carbons (Fsp3) is 1.00. The number of hydrogen-bond donors (Lipinski definition) is 1. The number of unbranched alkanes of at least 4 members (excludes halogenated alkanes) is 4. The van der Waals surface area contributed by atoms with Crippen molar-refractivity contribution in [3.05, 3.63) is 0 Å². The van der Waals surface area contributed by atoms with Gasteiger partial charge in [-0.25, -0.2) is 0 Å². The van der Waals surface area contributed by atoms with Crippen molar-refractivity contribution >= 4 is 0 Å². The Morgan fingerprint density at radius 2 is 1.36 bits per heavy atom. The Balaban J connectivity index is 0. The van der Waals surface area contributed by atoms with E-state index in [0.717, 1.165) is 5.92 Å². The van der Waals surface area contributed by atoms with Crippen molar-refractivity contribution in [3.8, 4) is 0 Å². The van der Waals surface area contributed by atoms with E-state index in [1.807, 2.05) is 20.9 Å². The third-order valence-electron chi connectivity index (χ3n) is 2.21. The van der Waals surface area contributed by atoms with Gasteiger partial charge in [0.05, 0.1) is 0 Å². The van der Waals surface area contributed by atoms with Gasteiger partial charge in [0.15, 0.2) is 0 Å². The van der Waals surface area contributed by atoms with Crippen LogP contribution in [0.4, 0.5) is 0 Å². The molecule has 1 heteroatoms. The fourth-order valence-corrected chi connectivity index (χ4v) is 1.38. The molecule has 14 heavy (non-hydrogen) atoms. The monoisotopic (exact) mass is 201 g/mol. The molecule has 0 aromatic carbocycles. The van der Waals surface area contributed by atoms with E-state index in [2.05, 4.69) is 19.2 Å². The van der Waals surface area contributed by atoms with Crippen LogP contribution in [0, 0.1) is 5.92 Å². The lowest BCUT2D eigenvalue weighted by Crippen LogP contribution is -2.06. The Labute approximate surface area is 91.7 Å². The van der Waals surface area contributed by atoms with Crippen molar-refractivity contribution < 1.29 is 0 Å². The normalized spacial score (nSPS) is 9.86. The van der Waals surface area contributed by atoms with Gasteiger partial charge in [-0.05, 0) is 25.9 Å². The van der Waals surface area contributed by atoms with Crippen LogP contribution < -0.4 is 5.32 Å². The minimum absolute atomic E-state index is 0.891. The van der Waals surface area contributed by atoms with Crippen LogP contribution in [0.5, 0.6) is 0 Å². The van der Waals surface area contributed by atoms with Crippen LogP contribution in [0.15, 0.2) is 0 Å². The maximum absolute atomic E-state index is 3.18. The average molecular weight is 201 g/mol. The van der Waals surface area contributed by atoms with Gasteiger partial charge in [0.2, 0.25) is 0 Å². The smallest absolute Gasteiger partial charge is 0.00519 e. The van der Waals surface area contributed by atoms with E-state index in [4.69, 9.17) is 0 Å². The summed E-state index contributed by atoms with van der Waals surface area (Å²) in [6.07, 6.45) is 8.44. The van der Waals surface area contributed by atoms with Gasteiger partial charge in [0.1, 0.15) is 0 Å². The Kier molecular flexibility index (Phi) is 18.1. The summed E-state index contributed by atoms with van der Waals surface area (Å²) in [5, 5.41) is 3.18. The van der Waals surface area contributed by atoms with Gasteiger partial charge >= 0.3 is 0 Å². The first kappa shape index (κ1) is 16.4. The third kappa shape index (κ3) is 17.9. The van der Waals surface area contributed by atoms with Gasteiger partial charge in [-0.15, -0.1) is 0 Å². The van der Waals surface area contributed by atoms with E-state index in [0.29, 0.717) is 0 Å².